The number of aliphatic hydroxyl groups excluding tert-OH is 1. The molecule has 168 valence electrons. The summed E-state index contributed by atoms with van der Waals surface area (Å²) in [5.41, 5.74) is 1.13. The zero-order valence-electron chi connectivity index (χ0n) is 17.6. The van der Waals surface area contributed by atoms with Gasteiger partial charge in [-0.3, -0.25) is 14.5 Å². The fourth-order valence-corrected chi connectivity index (χ4v) is 4.61. The molecule has 1 heterocycles. The molecule has 0 radical (unpaired) electrons. The van der Waals surface area contributed by atoms with E-state index in [2.05, 4.69) is 0 Å². The number of hydrogen-bond donors (Lipinski definition) is 2. The van der Waals surface area contributed by atoms with E-state index in [9.17, 15) is 19.8 Å². The van der Waals surface area contributed by atoms with Crippen LogP contribution in [0.25, 0.3) is 16.5 Å². The minimum atomic E-state index is -0.997. The second-order valence-corrected chi connectivity index (χ2v) is 8.70. The largest absolute Gasteiger partial charge is 0.508 e. The van der Waals surface area contributed by atoms with E-state index in [1.165, 1.54) is 29.2 Å². The van der Waals surface area contributed by atoms with Crippen LogP contribution in [0, 0.1) is 0 Å². The summed E-state index contributed by atoms with van der Waals surface area (Å²) in [7, 11) is 0. The number of Topliss-reactive ketones (excluding diaryl/α,β-unsaturated/α-hetero) is 1. The van der Waals surface area contributed by atoms with Crippen LogP contribution in [0.15, 0.2) is 90.5 Å². The Balaban J connectivity index is 1.79. The molecule has 5 nitrogen and oxygen atoms in total. The summed E-state index contributed by atoms with van der Waals surface area (Å²) < 4.78 is 0. The van der Waals surface area contributed by atoms with Crippen LogP contribution < -0.4 is 4.90 Å². The van der Waals surface area contributed by atoms with Crippen molar-refractivity contribution in [2.75, 3.05) is 4.90 Å². The number of phenolic OH excluding ortho intramolecular Hbond substituents is 1. The molecule has 5 rings (SSSR count). The third-order valence-electron chi connectivity index (χ3n) is 5.86. The van der Waals surface area contributed by atoms with Gasteiger partial charge in [-0.15, -0.1) is 0 Å². The van der Waals surface area contributed by atoms with E-state index in [4.69, 9.17) is 23.2 Å². The fraction of sp³-hybridized carbons (Fsp3) is 0.0370. The lowest BCUT2D eigenvalue weighted by Crippen LogP contribution is -2.29. The first-order chi connectivity index (χ1) is 16.4. The summed E-state index contributed by atoms with van der Waals surface area (Å²) in [5, 5.41) is 23.7. The topological polar surface area (TPSA) is 77.8 Å². The molecular formula is C27H17Cl2NO4. The summed E-state index contributed by atoms with van der Waals surface area (Å²) in [6, 6.07) is 22.6. The van der Waals surface area contributed by atoms with Gasteiger partial charge in [-0.05, 0) is 46.7 Å². The van der Waals surface area contributed by atoms with Gasteiger partial charge in [0, 0.05) is 11.3 Å². The number of anilines is 1. The first-order valence-electron chi connectivity index (χ1n) is 10.4. The van der Waals surface area contributed by atoms with Crippen molar-refractivity contribution in [3.63, 3.8) is 0 Å². The monoisotopic (exact) mass is 489 g/mol. The minimum Gasteiger partial charge on any atom is -0.508 e. The number of fused-ring (bicyclic) bond motifs is 1. The highest BCUT2D eigenvalue weighted by molar-refractivity contribution is 6.52. The van der Waals surface area contributed by atoms with Crippen molar-refractivity contribution in [2.45, 2.75) is 6.04 Å². The first-order valence-corrected chi connectivity index (χ1v) is 11.2. The molecule has 1 saturated heterocycles. The quantitative estimate of drug-likeness (QED) is 0.196. The van der Waals surface area contributed by atoms with E-state index in [-0.39, 0.29) is 22.1 Å². The zero-order valence-corrected chi connectivity index (χ0v) is 19.1. The van der Waals surface area contributed by atoms with E-state index in [1.54, 1.807) is 30.3 Å². The maximum atomic E-state index is 13.3. The number of carbonyl (C=O) groups excluding carboxylic acids is 2. The van der Waals surface area contributed by atoms with E-state index in [0.29, 0.717) is 21.8 Å². The average molecular weight is 490 g/mol. The van der Waals surface area contributed by atoms with E-state index < -0.39 is 17.7 Å². The average Bonchev–Trinajstić information content (AvgIpc) is 3.10. The van der Waals surface area contributed by atoms with Gasteiger partial charge in [0.15, 0.2) is 0 Å². The maximum Gasteiger partial charge on any atom is 0.300 e. The van der Waals surface area contributed by atoms with Crippen molar-refractivity contribution in [1.82, 2.24) is 0 Å². The van der Waals surface area contributed by atoms with Gasteiger partial charge in [0.05, 0.1) is 21.7 Å². The molecule has 1 atom stereocenters. The lowest BCUT2D eigenvalue weighted by atomic mass is 9.93. The highest BCUT2D eigenvalue weighted by atomic mass is 35.5. The van der Waals surface area contributed by atoms with E-state index in [1.807, 2.05) is 30.3 Å². The van der Waals surface area contributed by atoms with E-state index in [0.717, 1.165) is 10.8 Å². The summed E-state index contributed by atoms with van der Waals surface area (Å²) in [5.74, 6) is -2.01. The number of carbonyl (C=O) groups is 2. The highest BCUT2D eigenvalue weighted by Crippen LogP contribution is 2.44. The van der Waals surface area contributed by atoms with Gasteiger partial charge in [0.1, 0.15) is 11.5 Å². The van der Waals surface area contributed by atoms with Crippen LogP contribution in [0.3, 0.4) is 0 Å². The van der Waals surface area contributed by atoms with Gasteiger partial charge in [-0.1, -0.05) is 77.8 Å². The Kier molecular flexibility index (Phi) is 5.52. The van der Waals surface area contributed by atoms with Crippen LogP contribution in [0.2, 0.25) is 10.0 Å². The number of halogens is 2. The zero-order chi connectivity index (χ0) is 24.0. The third-order valence-corrected chi connectivity index (χ3v) is 6.60. The number of aliphatic hydroxyl groups is 1. The van der Waals surface area contributed by atoms with Crippen molar-refractivity contribution in [1.29, 1.82) is 0 Å². The highest BCUT2D eigenvalue weighted by Gasteiger charge is 2.47. The molecule has 7 heteroatoms. The Morgan fingerprint density at radius 1 is 0.824 bits per heavy atom. The fourth-order valence-electron chi connectivity index (χ4n) is 4.32. The molecule has 0 spiro atoms. The molecule has 1 unspecified atom stereocenters. The summed E-state index contributed by atoms with van der Waals surface area (Å²) in [6.45, 7) is 0. The molecule has 34 heavy (non-hydrogen) atoms. The second kappa shape index (κ2) is 8.52. The van der Waals surface area contributed by atoms with Crippen LogP contribution in [0.4, 0.5) is 5.69 Å². The second-order valence-electron chi connectivity index (χ2n) is 7.89. The molecule has 4 aromatic rings. The SMILES string of the molecule is O=C1C(=O)N(c2ccc(Cl)c(Cl)c2)C(c2cccc(O)c2)/C1=C(/O)c1cccc2ccccc12. The Morgan fingerprint density at radius 3 is 2.32 bits per heavy atom. The number of phenols is 1. The number of ketones is 1. The van der Waals surface area contributed by atoms with Gasteiger partial charge < -0.3 is 10.2 Å². The molecule has 2 N–H and O–H groups in total. The first kappa shape index (κ1) is 22.0. The minimum absolute atomic E-state index is 0.0395. The van der Waals surface area contributed by atoms with Crippen molar-refractivity contribution in [3.05, 3.63) is 112 Å². The van der Waals surface area contributed by atoms with Crippen LogP contribution in [0.1, 0.15) is 17.2 Å². The van der Waals surface area contributed by atoms with Gasteiger partial charge >= 0.3 is 0 Å². The van der Waals surface area contributed by atoms with Crippen LogP contribution in [-0.4, -0.2) is 21.9 Å². The molecule has 0 saturated carbocycles. The molecular weight excluding hydrogens is 473 g/mol. The predicted molar refractivity (Wildman–Crippen MR) is 133 cm³/mol. The molecule has 1 amide bonds. The van der Waals surface area contributed by atoms with Crippen molar-refractivity contribution >= 4 is 57.1 Å². The van der Waals surface area contributed by atoms with Gasteiger partial charge in [0.25, 0.3) is 11.7 Å². The van der Waals surface area contributed by atoms with Crippen molar-refractivity contribution in [3.8, 4) is 5.75 Å². The predicted octanol–water partition coefficient (Wildman–Crippen LogP) is 6.48. The van der Waals surface area contributed by atoms with Crippen LogP contribution in [0.5, 0.6) is 5.75 Å². The molecule has 1 aliphatic rings. The molecule has 4 aromatic carbocycles. The summed E-state index contributed by atoms with van der Waals surface area (Å²) in [6.07, 6.45) is 0. The standard InChI is InChI=1S/C27H17Cl2NO4/c28-21-12-11-17(14-22(21)29)30-24(16-7-3-8-18(31)13-16)23(26(33)27(30)34)25(32)20-10-4-6-15-5-1-2-9-19(15)20/h1-14,24,31-32H/b25-23-. The lowest BCUT2D eigenvalue weighted by molar-refractivity contribution is -0.132. The molecule has 0 aliphatic carbocycles. The Hall–Kier alpha value is -3.80. The molecule has 1 fully saturated rings. The molecule has 0 bridgehead atoms. The Bertz CT molecular complexity index is 1510. The summed E-state index contributed by atoms with van der Waals surface area (Å²) >= 11 is 12.3. The molecule has 1 aliphatic heterocycles. The van der Waals surface area contributed by atoms with Gasteiger partial charge in [-0.25, -0.2) is 0 Å². The Morgan fingerprint density at radius 2 is 1.56 bits per heavy atom. The number of nitrogens with zero attached hydrogens (tertiary/aromatic N) is 1. The molecule has 0 aromatic heterocycles. The Labute approximate surface area is 205 Å². The number of aromatic hydroxyl groups is 1. The number of amides is 1. The van der Waals surface area contributed by atoms with Crippen molar-refractivity contribution < 1.29 is 19.8 Å². The van der Waals surface area contributed by atoms with Gasteiger partial charge in [-0.2, -0.15) is 0 Å². The normalized spacial score (nSPS) is 17.5. The third kappa shape index (κ3) is 3.59. The number of benzene rings is 4. The van der Waals surface area contributed by atoms with Crippen molar-refractivity contribution in [2.24, 2.45) is 0 Å². The van der Waals surface area contributed by atoms with Gasteiger partial charge in [0.2, 0.25) is 0 Å². The maximum absolute atomic E-state index is 13.3. The smallest absolute Gasteiger partial charge is 0.300 e. The summed E-state index contributed by atoms with van der Waals surface area (Å²) in [4.78, 5) is 27.9. The number of hydrogen-bond acceptors (Lipinski definition) is 4. The lowest BCUT2D eigenvalue weighted by Gasteiger charge is -2.26. The number of rotatable bonds is 3. The van der Waals surface area contributed by atoms with Crippen LogP contribution >= 0.6 is 23.2 Å². The van der Waals surface area contributed by atoms with E-state index >= 15 is 0 Å². The van der Waals surface area contributed by atoms with Crippen LogP contribution in [-0.2, 0) is 9.59 Å².